The van der Waals surface area contributed by atoms with E-state index in [0.717, 1.165) is 37.7 Å². The Balaban J connectivity index is 1.77. The monoisotopic (exact) mass is 274 g/mol. The van der Waals surface area contributed by atoms with Gasteiger partial charge in [0.15, 0.2) is 0 Å². The maximum absolute atomic E-state index is 10.6. The maximum atomic E-state index is 10.6. The topological polar surface area (TPSA) is 43.8 Å². The van der Waals surface area contributed by atoms with Crippen LogP contribution in [0.2, 0.25) is 5.02 Å². The molecule has 0 saturated carbocycles. The lowest BCUT2D eigenvalue weighted by Crippen LogP contribution is -2.47. The second-order valence-electron chi connectivity index (χ2n) is 4.18. The molecule has 0 amide bonds. The van der Waals surface area contributed by atoms with Crippen LogP contribution in [0.15, 0.2) is 11.4 Å². The van der Waals surface area contributed by atoms with E-state index in [9.17, 15) is 4.79 Å². The van der Waals surface area contributed by atoms with E-state index in [1.165, 1.54) is 4.88 Å². The first-order chi connectivity index (χ1) is 8.13. The van der Waals surface area contributed by atoms with Crippen LogP contribution in [0.5, 0.6) is 0 Å². The number of carbonyl (C=O) groups is 1. The number of halogens is 1. The minimum atomic E-state index is -0.747. The summed E-state index contributed by atoms with van der Waals surface area (Å²) in [4.78, 5) is 16.1. The summed E-state index contributed by atoms with van der Waals surface area (Å²) in [6.07, 6.45) is 0. The van der Waals surface area contributed by atoms with Gasteiger partial charge < -0.3 is 5.11 Å². The smallest absolute Gasteiger partial charge is 0.317 e. The first-order valence-electron chi connectivity index (χ1n) is 5.53. The van der Waals surface area contributed by atoms with Crippen LogP contribution >= 0.6 is 22.9 Å². The number of aliphatic carboxylic acids is 1. The molecule has 1 aromatic heterocycles. The second kappa shape index (κ2) is 5.82. The summed E-state index contributed by atoms with van der Waals surface area (Å²) in [7, 11) is 0. The Bertz CT molecular complexity index is 389. The molecule has 1 saturated heterocycles. The molecule has 1 N–H and O–H groups in total. The SMILES string of the molecule is O=C(O)CN1CCN(Cc2cc(Cl)cs2)CC1. The highest BCUT2D eigenvalue weighted by Gasteiger charge is 2.18. The molecule has 1 fully saturated rings. The van der Waals surface area contributed by atoms with E-state index in [2.05, 4.69) is 4.90 Å². The van der Waals surface area contributed by atoms with Crippen molar-refractivity contribution >= 4 is 28.9 Å². The fraction of sp³-hybridized carbons (Fsp3) is 0.545. The van der Waals surface area contributed by atoms with E-state index in [0.29, 0.717) is 0 Å². The maximum Gasteiger partial charge on any atom is 0.317 e. The Morgan fingerprint density at radius 3 is 2.53 bits per heavy atom. The molecule has 1 aromatic rings. The van der Waals surface area contributed by atoms with Crippen molar-refractivity contribution in [3.8, 4) is 0 Å². The largest absolute Gasteiger partial charge is 0.480 e. The lowest BCUT2D eigenvalue weighted by Gasteiger charge is -2.33. The number of carboxylic acid groups (broad SMARTS) is 1. The summed E-state index contributed by atoms with van der Waals surface area (Å²) >= 11 is 7.55. The Kier molecular flexibility index (Phi) is 4.39. The normalized spacial score (nSPS) is 18.4. The fourth-order valence-corrected chi connectivity index (χ4v) is 3.07. The van der Waals surface area contributed by atoms with E-state index in [4.69, 9.17) is 16.7 Å². The molecule has 1 aliphatic rings. The summed E-state index contributed by atoms with van der Waals surface area (Å²) < 4.78 is 0. The van der Waals surface area contributed by atoms with Crippen molar-refractivity contribution < 1.29 is 9.90 Å². The van der Waals surface area contributed by atoms with E-state index in [1.54, 1.807) is 11.3 Å². The molecule has 0 unspecified atom stereocenters. The number of thiophene rings is 1. The summed E-state index contributed by atoms with van der Waals surface area (Å²) in [6.45, 7) is 4.55. The summed E-state index contributed by atoms with van der Waals surface area (Å²) in [6, 6.07) is 2.00. The summed E-state index contributed by atoms with van der Waals surface area (Å²) in [5.41, 5.74) is 0. The summed E-state index contributed by atoms with van der Waals surface area (Å²) in [5.74, 6) is -0.747. The highest BCUT2D eigenvalue weighted by Crippen LogP contribution is 2.21. The van der Waals surface area contributed by atoms with Crippen LogP contribution < -0.4 is 0 Å². The van der Waals surface area contributed by atoms with Gasteiger partial charge in [-0.3, -0.25) is 14.6 Å². The van der Waals surface area contributed by atoms with Gasteiger partial charge in [0.25, 0.3) is 0 Å². The van der Waals surface area contributed by atoms with Crippen LogP contribution in [0.4, 0.5) is 0 Å². The molecule has 6 heteroatoms. The van der Waals surface area contributed by atoms with Gasteiger partial charge in [0.2, 0.25) is 0 Å². The van der Waals surface area contributed by atoms with Gasteiger partial charge in [-0.25, -0.2) is 0 Å². The molecule has 0 spiro atoms. The van der Waals surface area contributed by atoms with Crippen molar-refractivity contribution in [1.29, 1.82) is 0 Å². The minimum absolute atomic E-state index is 0.151. The van der Waals surface area contributed by atoms with Gasteiger partial charge in [-0.15, -0.1) is 11.3 Å². The first-order valence-corrected chi connectivity index (χ1v) is 6.78. The molecule has 1 aliphatic heterocycles. The zero-order valence-corrected chi connectivity index (χ0v) is 11.0. The van der Waals surface area contributed by atoms with Crippen LogP contribution in [-0.4, -0.2) is 53.6 Å². The third-order valence-corrected chi connectivity index (χ3v) is 4.09. The average Bonchev–Trinajstić information content (AvgIpc) is 2.66. The predicted molar refractivity (Wildman–Crippen MR) is 68.7 cm³/mol. The van der Waals surface area contributed by atoms with E-state index in [1.807, 2.05) is 16.3 Å². The van der Waals surface area contributed by atoms with Crippen molar-refractivity contribution in [2.75, 3.05) is 32.7 Å². The van der Waals surface area contributed by atoms with Gasteiger partial charge in [-0.2, -0.15) is 0 Å². The van der Waals surface area contributed by atoms with Crippen LogP contribution in [-0.2, 0) is 11.3 Å². The number of carboxylic acids is 1. The zero-order chi connectivity index (χ0) is 12.3. The number of hydrogen-bond donors (Lipinski definition) is 1. The first kappa shape index (κ1) is 12.8. The summed E-state index contributed by atoms with van der Waals surface area (Å²) in [5, 5.41) is 11.4. The lowest BCUT2D eigenvalue weighted by molar-refractivity contribution is -0.138. The van der Waals surface area contributed by atoms with Gasteiger partial charge in [0, 0.05) is 43.0 Å². The number of nitrogens with zero attached hydrogens (tertiary/aromatic N) is 2. The van der Waals surface area contributed by atoms with Gasteiger partial charge >= 0.3 is 5.97 Å². The van der Waals surface area contributed by atoms with Gasteiger partial charge in [-0.1, -0.05) is 11.6 Å². The molecule has 94 valence electrons. The molecule has 0 bridgehead atoms. The van der Waals surface area contributed by atoms with Crippen LogP contribution in [0.3, 0.4) is 0 Å². The van der Waals surface area contributed by atoms with Crippen molar-refractivity contribution in [2.45, 2.75) is 6.54 Å². The Labute approximate surface area is 109 Å². The lowest BCUT2D eigenvalue weighted by atomic mass is 10.3. The van der Waals surface area contributed by atoms with Gasteiger partial charge in [0.1, 0.15) is 0 Å². The van der Waals surface area contributed by atoms with Crippen molar-refractivity contribution in [3.05, 3.63) is 21.3 Å². The Morgan fingerprint density at radius 1 is 1.35 bits per heavy atom. The van der Waals surface area contributed by atoms with Crippen LogP contribution in [0, 0.1) is 0 Å². The molecular weight excluding hydrogens is 260 g/mol. The van der Waals surface area contributed by atoms with Crippen molar-refractivity contribution in [1.82, 2.24) is 9.80 Å². The number of hydrogen-bond acceptors (Lipinski definition) is 4. The molecule has 0 aromatic carbocycles. The second-order valence-corrected chi connectivity index (χ2v) is 5.61. The predicted octanol–water partition coefficient (Wildman–Crippen LogP) is 1.60. The van der Waals surface area contributed by atoms with Gasteiger partial charge in [-0.05, 0) is 6.07 Å². The quantitative estimate of drug-likeness (QED) is 0.906. The highest BCUT2D eigenvalue weighted by atomic mass is 35.5. The molecule has 2 rings (SSSR count). The van der Waals surface area contributed by atoms with E-state index in [-0.39, 0.29) is 6.54 Å². The standard InChI is InChI=1S/C11H15ClN2O2S/c12-9-5-10(17-8-9)6-13-1-3-14(4-2-13)7-11(15)16/h5,8H,1-4,6-7H2,(H,15,16). The fourth-order valence-electron chi connectivity index (χ4n) is 1.95. The van der Waals surface area contributed by atoms with Crippen molar-refractivity contribution in [3.63, 3.8) is 0 Å². The van der Waals surface area contributed by atoms with Crippen LogP contribution in [0.25, 0.3) is 0 Å². The molecule has 2 heterocycles. The number of rotatable bonds is 4. The molecule has 0 aliphatic carbocycles. The Hall–Kier alpha value is -0.620. The van der Waals surface area contributed by atoms with Crippen LogP contribution in [0.1, 0.15) is 4.88 Å². The minimum Gasteiger partial charge on any atom is -0.480 e. The zero-order valence-electron chi connectivity index (χ0n) is 9.43. The molecule has 0 radical (unpaired) electrons. The molecular formula is C11H15ClN2O2S. The highest BCUT2D eigenvalue weighted by molar-refractivity contribution is 7.10. The van der Waals surface area contributed by atoms with Crippen molar-refractivity contribution in [2.24, 2.45) is 0 Å². The third-order valence-electron chi connectivity index (χ3n) is 2.82. The van der Waals surface area contributed by atoms with E-state index < -0.39 is 5.97 Å². The van der Waals surface area contributed by atoms with E-state index >= 15 is 0 Å². The van der Waals surface area contributed by atoms with Gasteiger partial charge in [0.05, 0.1) is 11.6 Å². The average molecular weight is 275 g/mol. The number of piperazine rings is 1. The molecule has 4 nitrogen and oxygen atoms in total. The molecule has 0 atom stereocenters. The Morgan fingerprint density at radius 2 is 2.00 bits per heavy atom. The third kappa shape index (κ3) is 3.96. The molecule has 17 heavy (non-hydrogen) atoms.